The standard InChI is InChI=1S/C5H3F7/c6-3(1-4(7,8)9)2-5(10,11)12/h1H,2H2. The second kappa shape index (κ2) is 3.32. The van der Waals surface area contributed by atoms with Gasteiger partial charge in [0.1, 0.15) is 5.83 Å². The Bertz CT molecular complexity index is 171. The molecule has 0 nitrogen and oxygen atoms in total. The van der Waals surface area contributed by atoms with Gasteiger partial charge in [-0.2, -0.15) is 26.3 Å². The molecule has 0 aliphatic carbocycles. The maximum absolute atomic E-state index is 11.8. The SMILES string of the molecule is FC(=CC(F)(F)F)CC(F)(F)F. The molecule has 0 aromatic carbocycles. The molecule has 0 spiro atoms. The molecule has 0 bridgehead atoms. The summed E-state index contributed by atoms with van der Waals surface area (Å²) in [4.78, 5) is 0. The van der Waals surface area contributed by atoms with Gasteiger partial charge < -0.3 is 0 Å². The lowest BCUT2D eigenvalue weighted by atomic mass is 10.3. The van der Waals surface area contributed by atoms with Gasteiger partial charge in [0.05, 0.1) is 12.5 Å². The van der Waals surface area contributed by atoms with E-state index in [0.717, 1.165) is 0 Å². The van der Waals surface area contributed by atoms with Crippen molar-refractivity contribution in [2.45, 2.75) is 18.8 Å². The van der Waals surface area contributed by atoms with Gasteiger partial charge in [-0.3, -0.25) is 0 Å². The number of halogens is 7. The van der Waals surface area contributed by atoms with E-state index in [1.165, 1.54) is 0 Å². The second-order valence-electron chi connectivity index (χ2n) is 1.92. The van der Waals surface area contributed by atoms with Crippen molar-refractivity contribution >= 4 is 0 Å². The molecule has 0 aliphatic rings. The first kappa shape index (κ1) is 11.2. The molecule has 0 radical (unpaired) electrons. The number of rotatable bonds is 1. The molecule has 0 rings (SSSR count). The Labute approximate surface area is 62.7 Å². The molecule has 72 valence electrons. The molecule has 0 saturated carbocycles. The Balaban J connectivity index is 4.23. The molecule has 0 unspecified atom stereocenters. The van der Waals surface area contributed by atoms with Gasteiger partial charge in [0.15, 0.2) is 0 Å². The molecule has 0 fully saturated rings. The highest BCUT2D eigenvalue weighted by atomic mass is 19.4. The lowest BCUT2D eigenvalue weighted by Gasteiger charge is -2.04. The Morgan fingerprint density at radius 2 is 1.42 bits per heavy atom. The number of hydrogen-bond acceptors (Lipinski definition) is 0. The van der Waals surface area contributed by atoms with Crippen molar-refractivity contribution in [2.24, 2.45) is 0 Å². The summed E-state index contributed by atoms with van der Waals surface area (Å²) in [6.45, 7) is 0. The van der Waals surface area contributed by atoms with Gasteiger partial charge >= 0.3 is 12.4 Å². The highest BCUT2D eigenvalue weighted by Gasteiger charge is 2.32. The van der Waals surface area contributed by atoms with Crippen LogP contribution in [0.25, 0.3) is 0 Å². The molecule has 12 heavy (non-hydrogen) atoms. The van der Waals surface area contributed by atoms with Crippen LogP contribution in [0.1, 0.15) is 6.42 Å². The first-order valence-electron chi connectivity index (χ1n) is 2.61. The van der Waals surface area contributed by atoms with Crippen molar-refractivity contribution < 1.29 is 30.7 Å². The van der Waals surface area contributed by atoms with E-state index < -0.39 is 30.7 Å². The summed E-state index contributed by atoms with van der Waals surface area (Å²) in [7, 11) is 0. The molecule has 0 aromatic rings. The van der Waals surface area contributed by atoms with E-state index in [1.54, 1.807) is 0 Å². The summed E-state index contributed by atoms with van der Waals surface area (Å²) in [6, 6.07) is 0. The van der Waals surface area contributed by atoms with Crippen LogP contribution < -0.4 is 0 Å². The summed E-state index contributed by atoms with van der Waals surface area (Å²) in [6.07, 6.45) is -13.2. The second-order valence-corrected chi connectivity index (χ2v) is 1.92. The highest BCUT2D eigenvalue weighted by Crippen LogP contribution is 2.28. The summed E-state index contributed by atoms with van der Waals surface area (Å²) in [5.41, 5.74) is 0. The Hall–Kier alpha value is -0.750. The number of hydrogen-bond donors (Lipinski definition) is 0. The third kappa shape index (κ3) is 7.36. The lowest BCUT2D eigenvalue weighted by Crippen LogP contribution is -2.09. The minimum atomic E-state index is -5.05. The molecule has 0 heterocycles. The van der Waals surface area contributed by atoms with Crippen LogP contribution in [0, 0.1) is 0 Å². The van der Waals surface area contributed by atoms with Gasteiger partial charge in [-0.25, -0.2) is 4.39 Å². The van der Waals surface area contributed by atoms with Crippen molar-refractivity contribution in [3.05, 3.63) is 11.9 Å². The third-order valence-corrected chi connectivity index (χ3v) is 0.690. The van der Waals surface area contributed by atoms with Gasteiger partial charge in [0, 0.05) is 0 Å². The third-order valence-electron chi connectivity index (χ3n) is 0.690. The van der Waals surface area contributed by atoms with E-state index in [2.05, 4.69) is 0 Å². The molecular weight excluding hydrogens is 193 g/mol. The lowest BCUT2D eigenvalue weighted by molar-refractivity contribution is -0.131. The van der Waals surface area contributed by atoms with E-state index in [0.29, 0.717) is 0 Å². The van der Waals surface area contributed by atoms with E-state index in [4.69, 9.17) is 0 Å². The van der Waals surface area contributed by atoms with E-state index in [1.807, 2.05) is 0 Å². The van der Waals surface area contributed by atoms with Crippen LogP contribution >= 0.6 is 0 Å². The van der Waals surface area contributed by atoms with Gasteiger partial charge in [-0.1, -0.05) is 0 Å². The van der Waals surface area contributed by atoms with E-state index >= 15 is 0 Å². The number of allylic oxidation sites excluding steroid dienone is 2. The fourth-order valence-corrected chi connectivity index (χ4v) is 0.420. The van der Waals surface area contributed by atoms with Gasteiger partial charge in [0.25, 0.3) is 0 Å². The monoisotopic (exact) mass is 196 g/mol. The van der Waals surface area contributed by atoms with Crippen LogP contribution in [0.2, 0.25) is 0 Å². The Kier molecular flexibility index (Phi) is 3.11. The quantitative estimate of drug-likeness (QED) is 0.564. The summed E-state index contributed by atoms with van der Waals surface area (Å²) < 4.78 is 79.1. The van der Waals surface area contributed by atoms with E-state index in [-0.39, 0.29) is 0 Å². The predicted octanol–water partition coefficient (Wildman–Crippen LogP) is 3.35. The van der Waals surface area contributed by atoms with Gasteiger partial charge in [-0.05, 0) is 0 Å². The maximum Gasteiger partial charge on any atom is 0.412 e. The Morgan fingerprint density at radius 3 is 1.67 bits per heavy atom. The van der Waals surface area contributed by atoms with Crippen molar-refractivity contribution in [2.75, 3.05) is 0 Å². The van der Waals surface area contributed by atoms with Crippen LogP contribution in [-0.4, -0.2) is 12.4 Å². The molecule has 0 amide bonds. The highest BCUT2D eigenvalue weighted by molar-refractivity contribution is 4.98. The molecule has 0 saturated heterocycles. The zero-order valence-corrected chi connectivity index (χ0v) is 5.43. The van der Waals surface area contributed by atoms with Gasteiger partial charge in [0.2, 0.25) is 0 Å². The fourth-order valence-electron chi connectivity index (χ4n) is 0.420. The number of alkyl halides is 6. The normalized spacial score (nSPS) is 15.1. The summed E-state index contributed by atoms with van der Waals surface area (Å²) in [5, 5.41) is 0. The zero-order chi connectivity index (χ0) is 9.99. The van der Waals surface area contributed by atoms with Crippen molar-refractivity contribution in [1.82, 2.24) is 0 Å². The smallest absolute Gasteiger partial charge is 0.211 e. The van der Waals surface area contributed by atoms with Crippen LogP contribution in [0.15, 0.2) is 11.9 Å². The van der Waals surface area contributed by atoms with Gasteiger partial charge in [-0.15, -0.1) is 0 Å². The maximum atomic E-state index is 11.8. The Morgan fingerprint density at radius 1 is 1.00 bits per heavy atom. The molecule has 0 aliphatic heterocycles. The van der Waals surface area contributed by atoms with Crippen LogP contribution in [0.3, 0.4) is 0 Å². The van der Waals surface area contributed by atoms with E-state index in [9.17, 15) is 30.7 Å². The van der Waals surface area contributed by atoms with Crippen molar-refractivity contribution in [3.8, 4) is 0 Å². The summed E-state index contributed by atoms with van der Waals surface area (Å²) >= 11 is 0. The molecule has 7 heteroatoms. The predicted molar refractivity (Wildman–Crippen MR) is 25.9 cm³/mol. The van der Waals surface area contributed by atoms with Crippen LogP contribution in [0.4, 0.5) is 30.7 Å². The first-order valence-corrected chi connectivity index (χ1v) is 2.61. The zero-order valence-electron chi connectivity index (χ0n) is 5.43. The molecule has 0 aromatic heterocycles. The van der Waals surface area contributed by atoms with Crippen molar-refractivity contribution in [1.29, 1.82) is 0 Å². The summed E-state index contributed by atoms with van der Waals surface area (Å²) in [5.74, 6) is -2.24. The minimum absolute atomic E-state index is 1.01. The topological polar surface area (TPSA) is 0 Å². The average molecular weight is 196 g/mol. The average Bonchev–Trinajstić information content (AvgIpc) is 1.49. The minimum Gasteiger partial charge on any atom is -0.211 e. The molecular formula is C5H3F7. The van der Waals surface area contributed by atoms with Crippen molar-refractivity contribution in [3.63, 3.8) is 0 Å². The largest absolute Gasteiger partial charge is 0.412 e. The fraction of sp³-hybridized carbons (Fsp3) is 0.600. The van der Waals surface area contributed by atoms with Crippen LogP contribution in [-0.2, 0) is 0 Å². The molecule has 0 atom stereocenters. The first-order chi connectivity index (χ1) is 5.10. The van der Waals surface area contributed by atoms with Crippen LogP contribution in [0.5, 0.6) is 0 Å². The molecule has 0 N–H and O–H groups in total.